The van der Waals surface area contributed by atoms with Crippen molar-refractivity contribution >= 4 is 11.4 Å². The molecule has 0 spiro atoms. The van der Waals surface area contributed by atoms with Gasteiger partial charge in [-0.25, -0.2) is 0 Å². The number of rotatable bonds is 5. The van der Waals surface area contributed by atoms with Crippen LogP contribution in [0.15, 0.2) is 18.2 Å². The van der Waals surface area contributed by atoms with E-state index in [9.17, 15) is 0 Å². The van der Waals surface area contributed by atoms with Crippen molar-refractivity contribution in [3.63, 3.8) is 0 Å². The van der Waals surface area contributed by atoms with Crippen LogP contribution in [0.5, 0.6) is 5.75 Å². The SMILES string of the molecule is CCOc1cc(N)cc(N(C)CC2CCCOC2)c1. The third-order valence-corrected chi connectivity index (χ3v) is 3.45. The molecule has 0 amide bonds. The van der Waals surface area contributed by atoms with Crippen molar-refractivity contribution in [1.82, 2.24) is 0 Å². The van der Waals surface area contributed by atoms with Crippen molar-refractivity contribution in [3.8, 4) is 5.75 Å². The maximum Gasteiger partial charge on any atom is 0.123 e. The highest BCUT2D eigenvalue weighted by atomic mass is 16.5. The molecule has 19 heavy (non-hydrogen) atoms. The van der Waals surface area contributed by atoms with Gasteiger partial charge in [0.15, 0.2) is 0 Å². The zero-order valence-corrected chi connectivity index (χ0v) is 11.9. The summed E-state index contributed by atoms with van der Waals surface area (Å²) in [6.45, 7) is 5.40. The average Bonchev–Trinajstić information content (AvgIpc) is 2.39. The number of nitrogens with two attached hydrogens (primary N) is 1. The van der Waals surface area contributed by atoms with E-state index in [1.54, 1.807) is 0 Å². The Labute approximate surface area is 115 Å². The van der Waals surface area contributed by atoms with Crippen molar-refractivity contribution < 1.29 is 9.47 Å². The topological polar surface area (TPSA) is 47.7 Å². The average molecular weight is 264 g/mol. The molecular weight excluding hydrogens is 240 g/mol. The van der Waals surface area contributed by atoms with Crippen LogP contribution in [0.1, 0.15) is 19.8 Å². The van der Waals surface area contributed by atoms with E-state index in [0.717, 1.165) is 36.9 Å². The van der Waals surface area contributed by atoms with Crippen LogP contribution in [0.4, 0.5) is 11.4 Å². The largest absolute Gasteiger partial charge is 0.494 e. The van der Waals surface area contributed by atoms with E-state index < -0.39 is 0 Å². The highest BCUT2D eigenvalue weighted by Gasteiger charge is 2.16. The minimum Gasteiger partial charge on any atom is -0.494 e. The lowest BCUT2D eigenvalue weighted by atomic mass is 10.0. The molecule has 0 radical (unpaired) electrons. The van der Waals surface area contributed by atoms with E-state index in [-0.39, 0.29) is 0 Å². The molecule has 1 aromatic carbocycles. The summed E-state index contributed by atoms with van der Waals surface area (Å²) in [4.78, 5) is 2.23. The second kappa shape index (κ2) is 6.66. The molecule has 1 unspecified atom stereocenters. The maximum absolute atomic E-state index is 5.93. The highest BCUT2D eigenvalue weighted by molar-refractivity contribution is 5.60. The van der Waals surface area contributed by atoms with Crippen molar-refractivity contribution in [2.75, 3.05) is 44.0 Å². The standard InChI is InChI=1S/C15H24N2O2/c1-3-19-15-8-13(16)7-14(9-15)17(2)10-12-5-4-6-18-11-12/h7-9,12H,3-6,10-11,16H2,1-2H3. The first kappa shape index (κ1) is 14.0. The summed E-state index contributed by atoms with van der Waals surface area (Å²) in [5, 5.41) is 0. The highest BCUT2D eigenvalue weighted by Crippen LogP contribution is 2.26. The molecule has 1 saturated heterocycles. The van der Waals surface area contributed by atoms with Gasteiger partial charge < -0.3 is 20.1 Å². The lowest BCUT2D eigenvalue weighted by molar-refractivity contribution is 0.0576. The van der Waals surface area contributed by atoms with Gasteiger partial charge in [0.2, 0.25) is 0 Å². The predicted molar refractivity (Wildman–Crippen MR) is 78.8 cm³/mol. The molecule has 1 fully saturated rings. The van der Waals surface area contributed by atoms with Crippen LogP contribution < -0.4 is 15.4 Å². The Kier molecular flexibility index (Phi) is 4.91. The molecule has 0 saturated carbocycles. The minimum absolute atomic E-state index is 0.607. The molecule has 4 nitrogen and oxygen atoms in total. The fourth-order valence-corrected chi connectivity index (χ4v) is 2.52. The van der Waals surface area contributed by atoms with Crippen molar-refractivity contribution in [2.24, 2.45) is 5.92 Å². The molecule has 0 bridgehead atoms. The first-order valence-electron chi connectivity index (χ1n) is 7.01. The van der Waals surface area contributed by atoms with Gasteiger partial charge in [-0.05, 0) is 31.7 Å². The molecule has 0 aliphatic carbocycles. The van der Waals surface area contributed by atoms with Gasteiger partial charge in [-0.1, -0.05) is 0 Å². The number of hydrogen-bond donors (Lipinski definition) is 1. The van der Waals surface area contributed by atoms with Crippen molar-refractivity contribution in [3.05, 3.63) is 18.2 Å². The van der Waals surface area contributed by atoms with E-state index >= 15 is 0 Å². The Bertz CT molecular complexity index is 403. The Hall–Kier alpha value is -1.42. The number of nitrogens with zero attached hydrogens (tertiary/aromatic N) is 1. The second-order valence-electron chi connectivity index (χ2n) is 5.16. The monoisotopic (exact) mass is 264 g/mol. The Morgan fingerprint density at radius 2 is 2.26 bits per heavy atom. The molecule has 1 aliphatic rings. The summed E-state index contributed by atoms with van der Waals surface area (Å²) in [6.07, 6.45) is 2.41. The molecule has 1 atom stereocenters. The van der Waals surface area contributed by atoms with Crippen LogP contribution in [-0.4, -0.2) is 33.4 Å². The van der Waals surface area contributed by atoms with Crippen LogP contribution in [0.3, 0.4) is 0 Å². The van der Waals surface area contributed by atoms with Gasteiger partial charge in [0.1, 0.15) is 5.75 Å². The normalized spacial score (nSPS) is 19.2. The van der Waals surface area contributed by atoms with E-state index in [1.165, 1.54) is 12.8 Å². The molecule has 2 rings (SSSR count). The number of hydrogen-bond acceptors (Lipinski definition) is 4. The lowest BCUT2D eigenvalue weighted by Crippen LogP contribution is -2.30. The van der Waals surface area contributed by atoms with E-state index in [2.05, 4.69) is 11.9 Å². The quantitative estimate of drug-likeness (QED) is 0.830. The molecule has 1 aromatic rings. The van der Waals surface area contributed by atoms with E-state index in [0.29, 0.717) is 12.5 Å². The molecule has 106 valence electrons. The van der Waals surface area contributed by atoms with Crippen molar-refractivity contribution in [1.29, 1.82) is 0 Å². The molecule has 4 heteroatoms. The number of benzene rings is 1. The summed E-state index contributed by atoms with van der Waals surface area (Å²) >= 11 is 0. The number of nitrogen functional groups attached to an aromatic ring is 1. The Morgan fingerprint density at radius 3 is 2.95 bits per heavy atom. The van der Waals surface area contributed by atoms with Gasteiger partial charge >= 0.3 is 0 Å². The molecular formula is C15H24N2O2. The lowest BCUT2D eigenvalue weighted by Gasteiger charge is -2.28. The number of anilines is 2. The summed E-state index contributed by atoms with van der Waals surface area (Å²) in [5.74, 6) is 1.44. The maximum atomic E-state index is 5.93. The Morgan fingerprint density at radius 1 is 1.42 bits per heavy atom. The van der Waals surface area contributed by atoms with Crippen LogP contribution in [0.25, 0.3) is 0 Å². The van der Waals surface area contributed by atoms with Gasteiger partial charge in [0.05, 0.1) is 13.2 Å². The zero-order valence-electron chi connectivity index (χ0n) is 11.9. The molecule has 2 N–H and O–H groups in total. The van der Waals surface area contributed by atoms with Gasteiger partial charge in [0, 0.05) is 43.7 Å². The van der Waals surface area contributed by atoms with E-state index in [4.69, 9.17) is 15.2 Å². The molecule has 0 aromatic heterocycles. The van der Waals surface area contributed by atoms with Gasteiger partial charge in [-0.3, -0.25) is 0 Å². The van der Waals surface area contributed by atoms with Crippen LogP contribution in [0.2, 0.25) is 0 Å². The molecule has 1 heterocycles. The van der Waals surface area contributed by atoms with Gasteiger partial charge in [-0.15, -0.1) is 0 Å². The minimum atomic E-state index is 0.607. The summed E-state index contributed by atoms with van der Waals surface area (Å²) in [6, 6.07) is 5.90. The van der Waals surface area contributed by atoms with Gasteiger partial charge in [-0.2, -0.15) is 0 Å². The van der Waals surface area contributed by atoms with Crippen molar-refractivity contribution in [2.45, 2.75) is 19.8 Å². The first-order chi connectivity index (χ1) is 9.19. The fourth-order valence-electron chi connectivity index (χ4n) is 2.52. The van der Waals surface area contributed by atoms with Crippen LogP contribution in [-0.2, 0) is 4.74 Å². The summed E-state index contributed by atoms with van der Waals surface area (Å²) in [7, 11) is 2.10. The van der Waals surface area contributed by atoms with Crippen LogP contribution in [0, 0.1) is 5.92 Å². The third-order valence-electron chi connectivity index (χ3n) is 3.45. The zero-order chi connectivity index (χ0) is 13.7. The predicted octanol–water partition coefficient (Wildman–Crippen LogP) is 2.53. The van der Waals surface area contributed by atoms with Gasteiger partial charge in [0.25, 0.3) is 0 Å². The summed E-state index contributed by atoms with van der Waals surface area (Å²) < 4.78 is 11.1. The van der Waals surface area contributed by atoms with Crippen LogP contribution >= 0.6 is 0 Å². The Balaban J connectivity index is 2.02. The smallest absolute Gasteiger partial charge is 0.123 e. The molecule has 1 aliphatic heterocycles. The third kappa shape index (κ3) is 4.03. The number of ether oxygens (including phenoxy) is 2. The van der Waals surface area contributed by atoms with E-state index in [1.807, 2.05) is 25.1 Å². The summed E-state index contributed by atoms with van der Waals surface area (Å²) in [5.41, 5.74) is 7.78. The fraction of sp³-hybridized carbons (Fsp3) is 0.600. The second-order valence-corrected chi connectivity index (χ2v) is 5.16. The first-order valence-corrected chi connectivity index (χ1v) is 7.01.